The first-order chi connectivity index (χ1) is 10.0. The number of amides is 1. The molecule has 2 aromatic rings. The second-order valence-electron chi connectivity index (χ2n) is 5.03. The molecule has 6 nitrogen and oxygen atoms in total. The van der Waals surface area contributed by atoms with Crippen LogP contribution in [0, 0.1) is 0 Å². The number of hydrogen-bond donors (Lipinski definition) is 2. The Balaban J connectivity index is 2.31. The van der Waals surface area contributed by atoms with Crippen LogP contribution in [0.1, 0.15) is 31.6 Å². The summed E-state index contributed by atoms with van der Waals surface area (Å²) < 4.78 is 7.10. The van der Waals surface area contributed by atoms with Gasteiger partial charge in [-0.3, -0.25) is 4.79 Å². The molecule has 21 heavy (non-hydrogen) atoms. The number of hydrogen-bond acceptors (Lipinski definition) is 4. The maximum atomic E-state index is 11.8. The average Bonchev–Trinajstić information content (AvgIpc) is 2.94. The molecule has 1 atom stereocenters. The Labute approximate surface area is 123 Å². The Hall–Kier alpha value is -2.50. The second kappa shape index (κ2) is 6.30. The third-order valence-electron chi connectivity index (χ3n) is 3.21. The number of methoxy groups -OCH3 is 1. The third-order valence-corrected chi connectivity index (χ3v) is 3.21. The van der Waals surface area contributed by atoms with E-state index in [0.29, 0.717) is 5.75 Å². The number of ether oxygens (including phenoxy) is 1. The van der Waals surface area contributed by atoms with Gasteiger partial charge >= 0.3 is 0 Å². The summed E-state index contributed by atoms with van der Waals surface area (Å²) >= 11 is 0. The van der Waals surface area contributed by atoms with Gasteiger partial charge in [-0.05, 0) is 26.0 Å². The summed E-state index contributed by atoms with van der Waals surface area (Å²) in [5, 5.41) is 3.14. The summed E-state index contributed by atoms with van der Waals surface area (Å²) in [6.45, 7) is 4.05. The maximum Gasteiger partial charge on any atom is 0.246 e. The first kappa shape index (κ1) is 14.9. The smallest absolute Gasteiger partial charge is 0.246 e. The van der Waals surface area contributed by atoms with Crippen molar-refractivity contribution in [3.05, 3.63) is 42.5 Å². The first-order valence-electron chi connectivity index (χ1n) is 6.74. The molecule has 1 amide bonds. The van der Waals surface area contributed by atoms with Gasteiger partial charge in [0.2, 0.25) is 5.91 Å². The average molecular weight is 288 g/mol. The lowest BCUT2D eigenvalue weighted by Crippen LogP contribution is -2.30. The van der Waals surface area contributed by atoms with Crippen LogP contribution in [0.2, 0.25) is 0 Å². The fourth-order valence-corrected chi connectivity index (χ4v) is 2.14. The van der Waals surface area contributed by atoms with Crippen LogP contribution >= 0.6 is 0 Å². The molecular weight excluding hydrogens is 268 g/mol. The lowest BCUT2D eigenvalue weighted by Gasteiger charge is -2.20. The minimum absolute atomic E-state index is 0.191. The number of aromatic nitrogens is 2. The van der Waals surface area contributed by atoms with Gasteiger partial charge in [0.25, 0.3) is 0 Å². The van der Waals surface area contributed by atoms with Crippen molar-refractivity contribution < 1.29 is 9.53 Å². The van der Waals surface area contributed by atoms with Crippen molar-refractivity contribution in [1.29, 1.82) is 0 Å². The third kappa shape index (κ3) is 3.34. The van der Waals surface area contributed by atoms with Crippen molar-refractivity contribution in [2.24, 2.45) is 5.73 Å². The van der Waals surface area contributed by atoms with Crippen LogP contribution in [-0.2, 0) is 4.79 Å². The molecule has 1 unspecified atom stereocenters. The van der Waals surface area contributed by atoms with Crippen LogP contribution in [0.3, 0.4) is 0 Å². The standard InChI is InChI=1S/C15H20N4O2/c1-10(2)19-9-17-8-13(19)14(15(16)20)18-11-5-4-6-12(7-11)21-3/h4-10,14,18H,1-3H3,(H2,16,20). The van der Waals surface area contributed by atoms with E-state index in [1.165, 1.54) is 0 Å². The minimum Gasteiger partial charge on any atom is -0.497 e. The Morgan fingerprint density at radius 1 is 1.43 bits per heavy atom. The number of nitrogens with zero attached hydrogens (tertiary/aromatic N) is 2. The van der Waals surface area contributed by atoms with Gasteiger partial charge in [-0.25, -0.2) is 4.98 Å². The molecule has 1 aromatic carbocycles. The summed E-state index contributed by atoms with van der Waals surface area (Å²) in [7, 11) is 1.60. The molecule has 0 radical (unpaired) electrons. The monoisotopic (exact) mass is 288 g/mol. The van der Waals surface area contributed by atoms with Crippen LogP contribution in [0.25, 0.3) is 0 Å². The Morgan fingerprint density at radius 3 is 2.81 bits per heavy atom. The fraction of sp³-hybridized carbons (Fsp3) is 0.333. The molecular formula is C15H20N4O2. The van der Waals surface area contributed by atoms with Crippen LogP contribution in [0.5, 0.6) is 5.75 Å². The largest absolute Gasteiger partial charge is 0.497 e. The molecule has 0 spiro atoms. The number of anilines is 1. The summed E-state index contributed by atoms with van der Waals surface area (Å²) in [5.74, 6) is 0.251. The van der Waals surface area contributed by atoms with E-state index in [-0.39, 0.29) is 6.04 Å². The van der Waals surface area contributed by atoms with Crippen molar-refractivity contribution in [2.75, 3.05) is 12.4 Å². The van der Waals surface area contributed by atoms with E-state index >= 15 is 0 Å². The van der Waals surface area contributed by atoms with Crippen molar-refractivity contribution >= 4 is 11.6 Å². The van der Waals surface area contributed by atoms with Crippen molar-refractivity contribution in [3.8, 4) is 5.75 Å². The molecule has 0 bridgehead atoms. The zero-order valence-electron chi connectivity index (χ0n) is 12.4. The quantitative estimate of drug-likeness (QED) is 0.853. The van der Waals surface area contributed by atoms with E-state index in [9.17, 15) is 4.79 Å². The highest BCUT2D eigenvalue weighted by atomic mass is 16.5. The molecule has 0 saturated carbocycles. The zero-order valence-corrected chi connectivity index (χ0v) is 12.4. The van der Waals surface area contributed by atoms with Gasteiger partial charge in [0.15, 0.2) is 0 Å². The Morgan fingerprint density at radius 2 is 2.19 bits per heavy atom. The summed E-state index contributed by atoms with van der Waals surface area (Å²) in [5.41, 5.74) is 7.04. The van der Waals surface area contributed by atoms with E-state index in [1.807, 2.05) is 42.7 Å². The summed E-state index contributed by atoms with van der Waals surface area (Å²) in [6.07, 6.45) is 3.35. The molecule has 1 heterocycles. The zero-order chi connectivity index (χ0) is 15.4. The molecule has 112 valence electrons. The van der Waals surface area contributed by atoms with Crippen LogP contribution < -0.4 is 15.8 Å². The van der Waals surface area contributed by atoms with E-state index < -0.39 is 11.9 Å². The van der Waals surface area contributed by atoms with Crippen LogP contribution in [0.4, 0.5) is 5.69 Å². The number of nitrogens with one attached hydrogen (secondary N) is 1. The molecule has 0 fully saturated rings. The molecule has 0 aliphatic rings. The number of carbonyl (C=O) groups is 1. The lowest BCUT2D eigenvalue weighted by molar-refractivity contribution is -0.119. The predicted octanol–water partition coefficient (Wildman–Crippen LogP) is 2.11. The number of nitrogens with two attached hydrogens (primary N) is 1. The van der Waals surface area contributed by atoms with E-state index in [2.05, 4.69) is 10.3 Å². The van der Waals surface area contributed by atoms with Crippen molar-refractivity contribution in [2.45, 2.75) is 25.9 Å². The fourth-order valence-electron chi connectivity index (χ4n) is 2.14. The number of benzene rings is 1. The summed E-state index contributed by atoms with van der Waals surface area (Å²) in [6, 6.07) is 6.89. The van der Waals surface area contributed by atoms with E-state index in [1.54, 1.807) is 19.6 Å². The van der Waals surface area contributed by atoms with Gasteiger partial charge in [-0.1, -0.05) is 6.07 Å². The number of rotatable bonds is 6. The molecule has 6 heteroatoms. The second-order valence-corrected chi connectivity index (χ2v) is 5.03. The topological polar surface area (TPSA) is 82.2 Å². The number of primary amides is 1. The van der Waals surface area contributed by atoms with Gasteiger partial charge in [0.1, 0.15) is 11.8 Å². The van der Waals surface area contributed by atoms with Gasteiger partial charge in [-0.2, -0.15) is 0 Å². The van der Waals surface area contributed by atoms with E-state index in [4.69, 9.17) is 10.5 Å². The highest BCUT2D eigenvalue weighted by Gasteiger charge is 2.22. The highest BCUT2D eigenvalue weighted by Crippen LogP contribution is 2.24. The van der Waals surface area contributed by atoms with Gasteiger partial charge in [0.05, 0.1) is 25.3 Å². The SMILES string of the molecule is COc1cccc(NC(C(N)=O)c2cncn2C(C)C)c1. The first-order valence-corrected chi connectivity index (χ1v) is 6.74. The van der Waals surface area contributed by atoms with Gasteiger partial charge in [0, 0.05) is 17.8 Å². The minimum atomic E-state index is -0.651. The lowest BCUT2D eigenvalue weighted by atomic mass is 10.1. The van der Waals surface area contributed by atoms with Crippen LogP contribution in [-0.4, -0.2) is 22.6 Å². The molecule has 1 aromatic heterocycles. The van der Waals surface area contributed by atoms with E-state index in [0.717, 1.165) is 11.4 Å². The van der Waals surface area contributed by atoms with Crippen molar-refractivity contribution in [3.63, 3.8) is 0 Å². The molecule has 0 saturated heterocycles. The Bertz CT molecular complexity index is 622. The normalized spacial score (nSPS) is 12.2. The Kier molecular flexibility index (Phi) is 4.47. The van der Waals surface area contributed by atoms with Gasteiger partial charge in [-0.15, -0.1) is 0 Å². The highest BCUT2D eigenvalue weighted by molar-refractivity contribution is 5.84. The summed E-state index contributed by atoms with van der Waals surface area (Å²) in [4.78, 5) is 15.9. The molecule has 0 aliphatic carbocycles. The van der Waals surface area contributed by atoms with Gasteiger partial charge < -0.3 is 20.4 Å². The predicted molar refractivity (Wildman–Crippen MR) is 81.2 cm³/mol. The number of carbonyl (C=O) groups excluding carboxylic acids is 1. The molecule has 0 aliphatic heterocycles. The number of imidazole rings is 1. The molecule has 3 N–H and O–H groups in total. The van der Waals surface area contributed by atoms with Crippen molar-refractivity contribution in [1.82, 2.24) is 9.55 Å². The van der Waals surface area contributed by atoms with Crippen LogP contribution in [0.15, 0.2) is 36.8 Å². The molecule has 2 rings (SSSR count). The maximum absolute atomic E-state index is 11.8.